The summed E-state index contributed by atoms with van der Waals surface area (Å²) in [6.07, 6.45) is 4.62. The second-order valence-electron chi connectivity index (χ2n) is 7.50. The molecule has 1 fully saturated rings. The van der Waals surface area contributed by atoms with Gasteiger partial charge in [0.15, 0.2) is 0 Å². The summed E-state index contributed by atoms with van der Waals surface area (Å²) in [7, 11) is 0. The van der Waals surface area contributed by atoms with Crippen molar-refractivity contribution >= 4 is 28.7 Å². The Morgan fingerprint density at radius 2 is 1.77 bits per heavy atom. The molecule has 3 aromatic rings. The fraction of sp³-hybridized carbons (Fsp3) is 0.409. The smallest absolute Gasteiger partial charge is 0.227 e. The minimum Gasteiger partial charge on any atom is -0.395 e. The molecule has 0 radical (unpaired) electrons. The van der Waals surface area contributed by atoms with Crippen molar-refractivity contribution in [1.29, 1.82) is 0 Å². The van der Waals surface area contributed by atoms with Crippen LogP contribution in [0, 0.1) is 0 Å². The molecule has 4 rings (SSSR count). The van der Waals surface area contributed by atoms with E-state index in [0.29, 0.717) is 5.95 Å². The predicted molar refractivity (Wildman–Crippen MR) is 126 cm³/mol. The molecule has 0 bridgehead atoms. The number of aliphatic hydroxyl groups is 1. The van der Waals surface area contributed by atoms with Crippen molar-refractivity contribution in [3.8, 4) is 10.7 Å². The number of hydrogen-bond donors (Lipinski definition) is 3. The summed E-state index contributed by atoms with van der Waals surface area (Å²) < 4.78 is 0. The number of rotatable bonds is 10. The van der Waals surface area contributed by atoms with Crippen molar-refractivity contribution in [3.63, 3.8) is 0 Å². The summed E-state index contributed by atoms with van der Waals surface area (Å²) in [5, 5.41) is 18.7. The second-order valence-corrected chi connectivity index (χ2v) is 8.39. The molecule has 0 aliphatic carbocycles. The highest BCUT2D eigenvalue weighted by Gasteiger charge is 2.15. The molecule has 1 saturated heterocycles. The van der Waals surface area contributed by atoms with Gasteiger partial charge >= 0.3 is 0 Å². The Hall–Kier alpha value is -2.59. The van der Waals surface area contributed by atoms with Gasteiger partial charge in [0.1, 0.15) is 10.7 Å². The monoisotopic (exact) mass is 439 g/mol. The average Bonchev–Trinajstić information content (AvgIpc) is 3.34. The van der Waals surface area contributed by atoms with Crippen LogP contribution >= 0.6 is 11.3 Å². The second kappa shape index (κ2) is 11.1. The third-order valence-electron chi connectivity index (χ3n) is 5.29. The zero-order chi connectivity index (χ0) is 21.3. The summed E-state index contributed by atoms with van der Waals surface area (Å²) in [5.41, 5.74) is 2.84. The Kier molecular flexibility index (Phi) is 7.78. The van der Waals surface area contributed by atoms with Gasteiger partial charge in [-0.2, -0.15) is 0 Å². The first-order chi connectivity index (χ1) is 15.3. The number of piperazine rings is 1. The van der Waals surface area contributed by atoms with Crippen LogP contribution in [0.2, 0.25) is 0 Å². The molecule has 3 heterocycles. The topological polar surface area (TPSA) is 89.4 Å². The average molecular weight is 440 g/mol. The van der Waals surface area contributed by atoms with Crippen LogP contribution in [0.15, 0.2) is 48.1 Å². The van der Waals surface area contributed by atoms with E-state index in [1.807, 2.05) is 23.6 Å². The Morgan fingerprint density at radius 3 is 2.55 bits per heavy atom. The van der Waals surface area contributed by atoms with Crippen LogP contribution in [0.1, 0.15) is 6.42 Å². The zero-order valence-electron chi connectivity index (χ0n) is 17.6. The van der Waals surface area contributed by atoms with Gasteiger partial charge in [0, 0.05) is 68.4 Å². The lowest BCUT2D eigenvalue weighted by Crippen LogP contribution is -2.47. The van der Waals surface area contributed by atoms with Crippen molar-refractivity contribution in [2.45, 2.75) is 6.42 Å². The number of β-amino-alcohol motifs (C(OH)–C–C–N with tert-alkyl or cyclic N) is 1. The lowest BCUT2D eigenvalue weighted by atomic mass is 10.2. The Labute approximate surface area is 187 Å². The molecular weight excluding hydrogens is 410 g/mol. The van der Waals surface area contributed by atoms with Gasteiger partial charge in [0.2, 0.25) is 5.95 Å². The number of aliphatic hydroxyl groups excluding tert-OH is 1. The number of nitrogens with zero attached hydrogens (tertiary/aromatic N) is 5. The van der Waals surface area contributed by atoms with E-state index >= 15 is 0 Å². The number of nitrogens with one attached hydrogen (secondary N) is 2. The highest BCUT2D eigenvalue weighted by atomic mass is 32.1. The first kappa shape index (κ1) is 21.6. The molecule has 0 saturated carbocycles. The van der Waals surface area contributed by atoms with Gasteiger partial charge in [-0.05, 0) is 37.2 Å². The molecule has 3 N–H and O–H groups in total. The maximum absolute atomic E-state index is 9.04. The number of aromatic nitrogens is 3. The van der Waals surface area contributed by atoms with E-state index in [0.717, 1.165) is 74.3 Å². The van der Waals surface area contributed by atoms with E-state index < -0.39 is 0 Å². The van der Waals surface area contributed by atoms with Crippen molar-refractivity contribution in [2.24, 2.45) is 0 Å². The minimum absolute atomic E-state index is 0.251. The van der Waals surface area contributed by atoms with Crippen molar-refractivity contribution in [3.05, 3.63) is 48.1 Å². The van der Waals surface area contributed by atoms with Crippen LogP contribution in [0.5, 0.6) is 0 Å². The predicted octanol–water partition coefficient (Wildman–Crippen LogP) is 2.76. The van der Waals surface area contributed by atoms with Crippen LogP contribution in [-0.4, -0.2) is 82.3 Å². The van der Waals surface area contributed by atoms with Gasteiger partial charge in [0.25, 0.3) is 0 Å². The Bertz CT molecular complexity index is 929. The Balaban J connectivity index is 1.23. The van der Waals surface area contributed by atoms with Gasteiger partial charge in [-0.3, -0.25) is 4.90 Å². The number of hydrogen-bond acceptors (Lipinski definition) is 9. The van der Waals surface area contributed by atoms with Gasteiger partial charge in [-0.25, -0.2) is 15.0 Å². The quantitative estimate of drug-likeness (QED) is 0.416. The SMILES string of the molecule is OCCN1CCN(CCCNc2cccc(Nc3nccc(-c4nccs4)n3)c2)CC1. The Morgan fingerprint density at radius 1 is 0.968 bits per heavy atom. The molecule has 1 aliphatic rings. The van der Waals surface area contributed by atoms with E-state index in [1.165, 1.54) is 0 Å². The van der Waals surface area contributed by atoms with Crippen molar-refractivity contribution in [2.75, 3.05) is 63.1 Å². The van der Waals surface area contributed by atoms with E-state index in [1.54, 1.807) is 23.7 Å². The van der Waals surface area contributed by atoms with Crippen LogP contribution in [0.25, 0.3) is 10.7 Å². The van der Waals surface area contributed by atoms with Crippen LogP contribution < -0.4 is 10.6 Å². The zero-order valence-corrected chi connectivity index (χ0v) is 18.4. The van der Waals surface area contributed by atoms with Gasteiger partial charge in [-0.15, -0.1) is 11.3 Å². The summed E-state index contributed by atoms with van der Waals surface area (Å²) >= 11 is 1.56. The van der Waals surface area contributed by atoms with Gasteiger partial charge in [0.05, 0.1) is 6.61 Å². The first-order valence-corrected chi connectivity index (χ1v) is 11.6. The fourth-order valence-corrected chi connectivity index (χ4v) is 4.24. The standard InChI is InChI=1S/C22H29N7OS/c30-15-14-29-12-10-28(11-13-29)9-2-6-23-18-3-1-4-19(17-18)26-22-25-7-5-20(27-22)21-24-8-16-31-21/h1,3-5,7-8,16-17,23,30H,2,6,9-15H2,(H,25,26,27). The van der Waals surface area contributed by atoms with Gasteiger partial charge in [-0.1, -0.05) is 6.07 Å². The largest absolute Gasteiger partial charge is 0.395 e. The summed E-state index contributed by atoms with van der Waals surface area (Å²) in [4.78, 5) is 18.0. The number of anilines is 3. The third kappa shape index (κ3) is 6.44. The van der Waals surface area contributed by atoms with E-state index in [-0.39, 0.29) is 6.61 Å². The number of benzene rings is 1. The molecule has 1 aromatic carbocycles. The van der Waals surface area contributed by atoms with Crippen LogP contribution in [0.3, 0.4) is 0 Å². The fourth-order valence-electron chi connectivity index (χ4n) is 3.64. The highest BCUT2D eigenvalue weighted by molar-refractivity contribution is 7.13. The molecule has 8 nitrogen and oxygen atoms in total. The van der Waals surface area contributed by atoms with Crippen LogP contribution in [-0.2, 0) is 0 Å². The molecule has 1 aliphatic heterocycles. The first-order valence-electron chi connectivity index (χ1n) is 10.7. The molecule has 0 unspecified atom stereocenters. The lowest BCUT2D eigenvalue weighted by Gasteiger charge is -2.34. The maximum atomic E-state index is 9.04. The molecule has 164 valence electrons. The third-order valence-corrected chi connectivity index (χ3v) is 6.08. The van der Waals surface area contributed by atoms with E-state index in [4.69, 9.17) is 5.11 Å². The maximum Gasteiger partial charge on any atom is 0.227 e. The van der Waals surface area contributed by atoms with Crippen molar-refractivity contribution in [1.82, 2.24) is 24.8 Å². The van der Waals surface area contributed by atoms with Gasteiger partial charge < -0.3 is 20.6 Å². The molecule has 31 heavy (non-hydrogen) atoms. The molecule has 0 amide bonds. The lowest BCUT2D eigenvalue weighted by molar-refractivity contribution is 0.112. The number of thiazole rings is 1. The summed E-state index contributed by atoms with van der Waals surface area (Å²) in [6, 6.07) is 10.1. The minimum atomic E-state index is 0.251. The summed E-state index contributed by atoms with van der Waals surface area (Å²) in [5.74, 6) is 0.560. The molecule has 9 heteroatoms. The normalized spacial score (nSPS) is 15.1. The van der Waals surface area contributed by atoms with E-state index in [9.17, 15) is 0 Å². The van der Waals surface area contributed by atoms with Crippen molar-refractivity contribution < 1.29 is 5.11 Å². The molecular formula is C22H29N7OS. The van der Waals surface area contributed by atoms with E-state index in [2.05, 4.69) is 47.5 Å². The highest BCUT2D eigenvalue weighted by Crippen LogP contribution is 2.22. The summed E-state index contributed by atoms with van der Waals surface area (Å²) in [6.45, 7) is 7.33. The molecule has 2 aromatic heterocycles. The van der Waals surface area contributed by atoms with Crippen LogP contribution in [0.4, 0.5) is 17.3 Å². The molecule has 0 spiro atoms. The molecule has 0 atom stereocenters.